The number of hydrogen-bond acceptors (Lipinski definition) is 2. The van der Waals surface area contributed by atoms with Crippen LogP contribution < -0.4 is 0 Å². The van der Waals surface area contributed by atoms with Crippen LogP contribution in [0.4, 0.5) is 4.39 Å². The van der Waals surface area contributed by atoms with Gasteiger partial charge in [0.05, 0.1) is 15.7 Å². The Morgan fingerprint density at radius 3 is 2.40 bits per heavy atom. The van der Waals surface area contributed by atoms with E-state index in [0.29, 0.717) is 10.5 Å². The molecule has 0 fully saturated rings. The number of halogens is 3. The van der Waals surface area contributed by atoms with Crippen LogP contribution in [0.3, 0.4) is 0 Å². The van der Waals surface area contributed by atoms with Crippen molar-refractivity contribution < 1.29 is 4.39 Å². The standard InChI is InChI=1S/C8H4Cl2FN3S/c9-5-1-4(2-6(10)7(5)11)14-3-12-13-8(14)15/h1-3H,(H,13,15). The molecule has 0 unspecified atom stereocenters. The molecule has 3 nitrogen and oxygen atoms in total. The van der Waals surface area contributed by atoms with Crippen molar-refractivity contribution in [3.8, 4) is 5.69 Å². The van der Waals surface area contributed by atoms with E-state index >= 15 is 0 Å². The Labute approximate surface area is 99.4 Å². The fraction of sp³-hybridized carbons (Fsp3) is 0. The average Bonchev–Trinajstić information content (AvgIpc) is 2.60. The molecule has 2 rings (SSSR count). The lowest BCUT2D eigenvalue weighted by atomic mass is 10.3. The molecular formula is C8H4Cl2FN3S. The molecule has 7 heteroatoms. The zero-order valence-electron chi connectivity index (χ0n) is 7.17. The molecule has 1 N–H and O–H groups in total. The van der Waals surface area contributed by atoms with Gasteiger partial charge in [0.1, 0.15) is 6.33 Å². The molecule has 0 aliphatic heterocycles. The van der Waals surface area contributed by atoms with Crippen molar-refractivity contribution in [3.05, 3.63) is 39.1 Å². The normalized spacial score (nSPS) is 10.6. The highest BCUT2D eigenvalue weighted by molar-refractivity contribution is 7.71. The van der Waals surface area contributed by atoms with E-state index < -0.39 is 5.82 Å². The van der Waals surface area contributed by atoms with Crippen LogP contribution in [0.5, 0.6) is 0 Å². The Hall–Kier alpha value is -0.910. The summed E-state index contributed by atoms with van der Waals surface area (Å²) in [7, 11) is 0. The number of rotatable bonds is 1. The largest absolute Gasteiger partial charge is 0.275 e. The highest BCUT2D eigenvalue weighted by Crippen LogP contribution is 2.26. The summed E-state index contributed by atoms with van der Waals surface area (Å²) in [6.45, 7) is 0. The summed E-state index contributed by atoms with van der Waals surface area (Å²) >= 11 is 16.3. The molecule has 0 aliphatic rings. The van der Waals surface area contributed by atoms with Gasteiger partial charge in [-0.3, -0.25) is 9.67 Å². The van der Waals surface area contributed by atoms with Gasteiger partial charge in [-0.1, -0.05) is 23.2 Å². The van der Waals surface area contributed by atoms with Crippen LogP contribution in [-0.2, 0) is 0 Å². The van der Waals surface area contributed by atoms with E-state index in [1.807, 2.05) is 0 Å². The van der Waals surface area contributed by atoms with Crippen molar-refractivity contribution in [1.82, 2.24) is 14.8 Å². The maximum atomic E-state index is 13.1. The third-order valence-electron chi connectivity index (χ3n) is 1.80. The van der Waals surface area contributed by atoms with Gasteiger partial charge >= 0.3 is 0 Å². The minimum atomic E-state index is -0.642. The number of nitrogens with zero attached hydrogens (tertiary/aromatic N) is 2. The van der Waals surface area contributed by atoms with Crippen molar-refractivity contribution >= 4 is 35.4 Å². The molecule has 1 heterocycles. The summed E-state index contributed by atoms with van der Waals surface area (Å²) in [6.07, 6.45) is 1.46. The molecule has 1 aromatic heterocycles. The molecule has 78 valence electrons. The fourth-order valence-electron chi connectivity index (χ4n) is 1.11. The topological polar surface area (TPSA) is 33.6 Å². The highest BCUT2D eigenvalue weighted by Gasteiger charge is 2.09. The fourth-order valence-corrected chi connectivity index (χ4v) is 1.79. The summed E-state index contributed by atoms with van der Waals surface area (Å²) in [5.74, 6) is -0.642. The molecule has 0 aliphatic carbocycles. The van der Waals surface area contributed by atoms with E-state index in [9.17, 15) is 4.39 Å². The Bertz CT molecular complexity index is 540. The zero-order valence-corrected chi connectivity index (χ0v) is 9.50. The second-order valence-electron chi connectivity index (χ2n) is 2.75. The predicted octanol–water partition coefficient (Wildman–Crippen LogP) is 3.38. The predicted molar refractivity (Wildman–Crippen MR) is 58.7 cm³/mol. The average molecular weight is 264 g/mol. The van der Waals surface area contributed by atoms with Crippen LogP contribution >= 0.6 is 35.4 Å². The number of aromatic nitrogens is 3. The molecule has 0 amide bonds. The minimum Gasteiger partial charge on any atom is -0.275 e. The third-order valence-corrected chi connectivity index (χ3v) is 2.64. The van der Waals surface area contributed by atoms with Crippen molar-refractivity contribution in [2.45, 2.75) is 0 Å². The molecule has 0 bridgehead atoms. The van der Waals surface area contributed by atoms with E-state index in [1.54, 1.807) is 0 Å². The molecule has 0 atom stereocenters. The first-order valence-corrected chi connectivity index (χ1v) is 5.03. The maximum Gasteiger partial charge on any atom is 0.199 e. The molecule has 2 aromatic rings. The SMILES string of the molecule is Fc1c(Cl)cc(-n2cn[nH]c2=S)cc1Cl. The van der Waals surface area contributed by atoms with Gasteiger partial charge in [-0.15, -0.1) is 0 Å². The van der Waals surface area contributed by atoms with Crippen LogP contribution in [-0.4, -0.2) is 14.8 Å². The molecule has 0 saturated heterocycles. The third kappa shape index (κ3) is 1.90. The van der Waals surface area contributed by atoms with Crippen LogP contribution in [0.1, 0.15) is 0 Å². The van der Waals surface area contributed by atoms with Gasteiger partial charge in [0.2, 0.25) is 0 Å². The van der Waals surface area contributed by atoms with Gasteiger partial charge in [0.15, 0.2) is 10.6 Å². The molecule has 1 aromatic carbocycles. The van der Waals surface area contributed by atoms with Gasteiger partial charge in [-0.25, -0.2) is 4.39 Å². The molecule has 15 heavy (non-hydrogen) atoms. The summed E-state index contributed by atoms with van der Waals surface area (Å²) < 4.78 is 15.0. The van der Waals surface area contributed by atoms with E-state index in [2.05, 4.69) is 10.2 Å². The van der Waals surface area contributed by atoms with E-state index in [4.69, 9.17) is 35.4 Å². The number of hydrogen-bond donors (Lipinski definition) is 1. The first kappa shape index (κ1) is 10.6. The summed E-state index contributed by atoms with van der Waals surface area (Å²) in [6, 6.07) is 2.85. The maximum absolute atomic E-state index is 13.1. The molecule has 0 spiro atoms. The Kier molecular flexibility index (Phi) is 2.77. The Balaban J connectivity index is 2.66. The van der Waals surface area contributed by atoms with Crippen molar-refractivity contribution in [1.29, 1.82) is 0 Å². The second-order valence-corrected chi connectivity index (χ2v) is 3.96. The molecule has 0 radical (unpaired) electrons. The highest BCUT2D eigenvalue weighted by atomic mass is 35.5. The smallest absolute Gasteiger partial charge is 0.199 e. The quantitative estimate of drug-likeness (QED) is 0.632. The first-order chi connectivity index (χ1) is 7.09. The van der Waals surface area contributed by atoms with Gasteiger partial charge in [-0.2, -0.15) is 5.10 Å². The summed E-state index contributed by atoms with van der Waals surface area (Å²) in [5.41, 5.74) is 0.560. The monoisotopic (exact) mass is 263 g/mol. The zero-order chi connectivity index (χ0) is 11.0. The van der Waals surface area contributed by atoms with Crippen molar-refractivity contribution in [2.24, 2.45) is 0 Å². The Morgan fingerprint density at radius 2 is 1.93 bits per heavy atom. The van der Waals surface area contributed by atoms with Crippen LogP contribution in [0.2, 0.25) is 10.0 Å². The van der Waals surface area contributed by atoms with Crippen LogP contribution in [0, 0.1) is 10.6 Å². The van der Waals surface area contributed by atoms with E-state index in [0.717, 1.165) is 0 Å². The minimum absolute atomic E-state index is 0.0550. The number of nitrogens with one attached hydrogen (secondary N) is 1. The Morgan fingerprint density at radius 1 is 1.33 bits per heavy atom. The van der Waals surface area contributed by atoms with Gasteiger partial charge in [-0.05, 0) is 24.4 Å². The van der Waals surface area contributed by atoms with Gasteiger partial charge in [0.25, 0.3) is 0 Å². The van der Waals surface area contributed by atoms with Gasteiger partial charge < -0.3 is 0 Å². The van der Waals surface area contributed by atoms with Crippen LogP contribution in [0.15, 0.2) is 18.5 Å². The van der Waals surface area contributed by atoms with Crippen molar-refractivity contribution in [2.75, 3.05) is 0 Å². The van der Waals surface area contributed by atoms with Crippen LogP contribution in [0.25, 0.3) is 5.69 Å². The number of aromatic amines is 1. The molecule has 0 saturated carbocycles. The number of H-pyrrole nitrogens is 1. The number of benzene rings is 1. The summed E-state index contributed by atoms with van der Waals surface area (Å²) in [5, 5.41) is 6.19. The lowest BCUT2D eigenvalue weighted by Crippen LogP contribution is -1.93. The summed E-state index contributed by atoms with van der Waals surface area (Å²) in [4.78, 5) is 0. The van der Waals surface area contributed by atoms with Crippen molar-refractivity contribution in [3.63, 3.8) is 0 Å². The first-order valence-electron chi connectivity index (χ1n) is 3.86. The van der Waals surface area contributed by atoms with Gasteiger partial charge in [0, 0.05) is 0 Å². The lowest BCUT2D eigenvalue weighted by molar-refractivity contribution is 0.628. The van der Waals surface area contributed by atoms with E-state index in [-0.39, 0.29) is 10.0 Å². The molecular weight excluding hydrogens is 260 g/mol. The van der Waals surface area contributed by atoms with E-state index in [1.165, 1.54) is 23.0 Å². The second kappa shape index (κ2) is 3.92. The lowest BCUT2D eigenvalue weighted by Gasteiger charge is -2.04.